The van der Waals surface area contributed by atoms with Gasteiger partial charge in [-0.05, 0) is 0 Å². The molecule has 58 heavy (non-hydrogen) atoms. The molecule has 0 spiro atoms. The predicted octanol–water partition coefficient (Wildman–Crippen LogP) is 15.7. The van der Waals surface area contributed by atoms with Crippen molar-refractivity contribution in [2.45, 2.75) is 134 Å². The average Bonchev–Trinajstić information content (AvgIpc) is 4.00. The molecule has 0 heterocycles. The second kappa shape index (κ2) is 15.4. The zero-order chi connectivity index (χ0) is 38.6. The Bertz CT molecular complexity index is 2200. The molecule has 4 fully saturated rings. The first-order chi connectivity index (χ1) is 26.8. The van der Waals surface area contributed by atoms with Gasteiger partial charge in [0.05, 0.1) is 0 Å². The molecule has 4 heteroatoms. The first kappa shape index (κ1) is 42.7. The molecule has 0 nitrogen and oxygen atoms in total. The second-order valence-electron chi connectivity index (χ2n) is 21.6. The second-order valence-corrected chi connectivity index (χ2v) is 50.0. The van der Waals surface area contributed by atoms with Gasteiger partial charge < -0.3 is 0 Å². The van der Waals surface area contributed by atoms with Crippen molar-refractivity contribution in [3.05, 3.63) is 128 Å². The summed E-state index contributed by atoms with van der Waals surface area (Å²) in [6.07, 6.45) is 24.3. The van der Waals surface area contributed by atoms with E-state index in [1.807, 2.05) is 11.1 Å². The minimum absolute atomic E-state index is 0. The normalized spacial score (nSPS) is 27.8. The van der Waals surface area contributed by atoms with Crippen LogP contribution in [0.5, 0.6) is 0 Å². The molecule has 6 aliphatic carbocycles. The quantitative estimate of drug-likeness (QED) is 0.139. The smallest absolute Gasteiger partial charge is 0.147 e. The Morgan fingerprint density at radius 1 is 0.586 bits per heavy atom. The molecule has 4 saturated carbocycles. The van der Waals surface area contributed by atoms with Crippen LogP contribution in [0.1, 0.15) is 142 Å². The fourth-order valence-electron chi connectivity index (χ4n) is 15.2. The molecule has 4 aromatic rings. The Labute approximate surface area is 365 Å². The monoisotopic (exact) mass is 904 g/mol. The number of halogens is 2. The summed E-state index contributed by atoms with van der Waals surface area (Å²) in [5, 5.41) is 0. The Morgan fingerprint density at radius 2 is 0.966 bits per heavy atom. The van der Waals surface area contributed by atoms with Gasteiger partial charge in [0.25, 0.3) is 0 Å². The zero-order valence-corrected chi connectivity index (χ0v) is 41.8. The van der Waals surface area contributed by atoms with Crippen LogP contribution >= 0.6 is 24.8 Å². The molecular weight excluding hydrogens is 839 g/mol. The Morgan fingerprint density at radius 3 is 1.29 bits per heavy atom. The van der Waals surface area contributed by atoms with E-state index < -0.39 is 17.4 Å². The van der Waals surface area contributed by atoms with Crippen LogP contribution in [0.3, 0.4) is 0 Å². The van der Waals surface area contributed by atoms with Crippen molar-refractivity contribution >= 4 is 43.8 Å². The number of benzene rings is 4. The molecule has 306 valence electrons. The maximum Gasteiger partial charge on any atom is -0.147 e. The van der Waals surface area contributed by atoms with Crippen LogP contribution in [0.15, 0.2) is 83.9 Å². The van der Waals surface area contributed by atoms with Crippen LogP contribution in [-0.2, 0) is 17.4 Å². The number of fused-ring (bicyclic) bond motifs is 6. The van der Waals surface area contributed by atoms with E-state index in [2.05, 4.69) is 131 Å². The van der Waals surface area contributed by atoms with Crippen LogP contribution in [0, 0.1) is 50.4 Å². The van der Waals surface area contributed by atoms with E-state index in [1.54, 1.807) is 22.3 Å². The summed E-state index contributed by atoms with van der Waals surface area (Å²) >= 11 is -4.00. The minimum Gasteiger partial charge on any atom is -0.147 e. The van der Waals surface area contributed by atoms with Crippen LogP contribution in [-0.4, -0.2) is 6.88 Å². The number of hydrogen-bond acceptors (Lipinski definition) is 0. The van der Waals surface area contributed by atoms with Crippen molar-refractivity contribution in [1.29, 1.82) is 0 Å². The van der Waals surface area contributed by atoms with Gasteiger partial charge in [-0.2, -0.15) is 0 Å². The average molecular weight is 907 g/mol. The third-order valence-electron chi connectivity index (χ3n) is 17.0. The molecule has 0 aromatic heterocycles. The molecule has 2 unspecified atom stereocenters. The summed E-state index contributed by atoms with van der Waals surface area (Å²) in [7, 11) is 0. The van der Waals surface area contributed by atoms with Gasteiger partial charge in [-0.1, -0.05) is 0 Å². The fourth-order valence-corrected chi connectivity index (χ4v) is 40.9. The van der Waals surface area contributed by atoms with E-state index in [4.69, 9.17) is 0 Å². The van der Waals surface area contributed by atoms with Crippen molar-refractivity contribution < 1.29 is 17.4 Å². The van der Waals surface area contributed by atoms with Crippen molar-refractivity contribution in [2.24, 2.45) is 22.7 Å². The first-order valence-corrected chi connectivity index (χ1v) is 35.7. The van der Waals surface area contributed by atoms with Gasteiger partial charge in [0.1, 0.15) is 0 Å². The number of rotatable bonds is 10. The number of hydrogen-bond donors (Lipinski definition) is 0. The molecule has 10 rings (SSSR count). The summed E-state index contributed by atoms with van der Waals surface area (Å²) in [4.78, 5) is 0. The molecule has 2 atom stereocenters. The van der Waals surface area contributed by atoms with E-state index in [1.165, 1.54) is 132 Å². The maximum atomic E-state index is 3.02. The Balaban J connectivity index is 0.00000235. The fraction of sp³-hybridized carbons (Fsp3) is 0.481. The van der Waals surface area contributed by atoms with Crippen molar-refractivity contribution in [1.82, 2.24) is 0 Å². The van der Waals surface area contributed by atoms with Gasteiger partial charge in [-0.3, -0.25) is 0 Å². The van der Waals surface area contributed by atoms with E-state index in [0.717, 1.165) is 11.8 Å². The van der Waals surface area contributed by atoms with Gasteiger partial charge >= 0.3 is 344 Å². The van der Waals surface area contributed by atoms with Crippen LogP contribution in [0.2, 0.25) is 8.76 Å². The van der Waals surface area contributed by atoms with Gasteiger partial charge in [-0.25, -0.2) is 0 Å². The van der Waals surface area contributed by atoms with E-state index in [-0.39, 0.29) is 24.8 Å². The van der Waals surface area contributed by atoms with Gasteiger partial charge in [0.15, 0.2) is 0 Å². The van der Waals surface area contributed by atoms with Gasteiger partial charge in [0, 0.05) is 0 Å². The SMILES string of the molecule is CC[CH2][Zr]([CH3])(=[SiH2])([CH]1C(CC23CCC(CC2)C3)=Cc2c(-c3cc(C)cc(C)c3)cccc21)[CH]1C(CC23CCC(CC2)C3)=Cc2c(-c3cc(C)cc(C)c3)cccc21.Cl.Cl. The molecule has 0 saturated heterocycles. The molecule has 0 amide bonds. The molecule has 0 N–H and O–H groups in total. The molecular formula is C54H68Cl2SiZr. The standard InChI is InChI=1S/2C25H27.C3H7.CH3.2ClH.H2Si.Zr/c2*1-17-10-18(2)12-22(11-17)23-5-3-4-21-13-20(14-24(21)23)16-25-8-6-19(15-25)7-9-25;1-3-2;;;;;/h2*3-5,10-14,19H,6-9,15-16H2,1-2H3;1,3H2,2H3;1H3;2*1H;1H2;. The molecule has 6 aliphatic rings. The zero-order valence-electron chi connectivity index (χ0n) is 36.3. The van der Waals surface area contributed by atoms with Gasteiger partial charge in [-0.15, -0.1) is 24.8 Å². The summed E-state index contributed by atoms with van der Waals surface area (Å²) in [6, 6.07) is 29.6. The van der Waals surface area contributed by atoms with Crippen LogP contribution < -0.4 is 0 Å². The third-order valence-corrected chi connectivity index (χ3v) is 40.5. The van der Waals surface area contributed by atoms with Crippen molar-refractivity contribution in [3.8, 4) is 22.3 Å². The number of allylic oxidation sites excluding steroid dienone is 2. The van der Waals surface area contributed by atoms with E-state index >= 15 is 0 Å². The van der Waals surface area contributed by atoms with Crippen LogP contribution in [0.25, 0.3) is 34.4 Å². The predicted molar refractivity (Wildman–Crippen MR) is 255 cm³/mol. The number of aryl methyl sites for hydroxylation is 4. The molecule has 4 aromatic carbocycles. The maximum absolute atomic E-state index is 4.00. The van der Waals surface area contributed by atoms with Gasteiger partial charge in [0.2, 0.25) is 0 Å². The summed E-state index contributed by atoms with van der Waals surface area (Å²) in [6.45, 7) is 14.3. The minimum atomic E-state index is -4.00. The summed E-state index contributed by atoms with van der Waals surface area (Å²) in [5.41, 5.74) is 22.6. The van der Waals surface area contributed by atoms with E-state index in [0.29, 0.717) is 18.1 Å². The summed E-state index contributed by atoms with van der Waals surface area (Å²) in [5.74, 6) is 1.96. The van der Waals surface area contributed by atoms with Crippen molar-refractivity contribution in [3.63, 3.8) is 0 Å². The third kappa shape index (κ3) is 7.03. The van der Waals surface area contributed by atoms with Crippen LogP contribution in [0.4, 0.5) is 0 Å². The molecule has 0 aliphatic heterocycles. The van der Waals surface area contributed by atoms with E-state index in [9.17, 15) is 0 Å². The first-order valence-electron chi connectivity index (χ1n) is 22.7. The topological polar surface area (TPSA) is 0 Å². The Kier molecular flexibility index (Phi) is 11.4. The Hall–Kier alpha value is -1.96. The molecule has 0 radical (unpaired) electrons. The van der Waals surface area contributed by atoms with Crippen molar-refractivity contribution in [2.75, 3.05) is 0 Å². The largest absolute Gasteiger partial charge is 0.147 e. The summed E-state index contributed by atoms with van der Waals surface area (Å²) < 4.78 is 5.62. The molecule has 4 bridgehead atoms.